The standard InChI is InChI=1S/C14H28N2O/c1-11(7-8-14(2,3)4)16-13(17)10-15-9-12-5-6-12/h11-12,15H,5-10H2,1-4H3,(H,16,17). The first kappa shape index (κ1) is 14.5. The van der Waals surface area contributed by atoms with Crippen molar-refractivity contribution < 1.29 is 4.79 Å². The van der Waals surface area contributed by atoms with Crippen LogP contribution in [-0.4, -0.2) is 25.0 Å². The molecule has 2 N–H and O–H groups in total. The first-order chi connectivity index (χ1) is 7.87. The van der Waals surface area contributed by atoms with Crippen LogP contribution in [0.2, 0.25) is 0 Å². The molecule has 17 heavy (non-hydrogen) atoms. The Labute approximate surface area is 106 Å². The van der Waals surface area contributed by atoms with Gasteiger partial charge in [-0.25, -0.2) is 0 Å². The third kappa shape index (κ3) is 8.19. The van der Waals surface area contributed by atoms with Gasteiger partial charge in [0.05, 0.1) is 6.54 Å². The summed E-state index contributed by atoms with van der Waals surface area (Å²) in [5.41, 5.74) is 0.350. The van der Waals surface area contributed by atoms with Gasteiger partial charge < -0.3 is 10.6 Å². The lowest BCUT2D eigenvalue weighted by molar-refractivity contribution is -0.120. The smallest absolute Gasteiger partial charge is 0.234 e. The lowest BCUT2D eigenvalue weighted by Crippen LogP contribution is -2.39. The number of carbonyl (C=O) groups excluding carboxylic acids is 1. The van der Waals surface area contributed by atoms with Gasteiger partial charge in [-0.3, -0.25) is 4.79 Å². The minimum atomic E-state index is 0.132. The molecule has 1 atom stereocenters. The highest BCUT2D eigenvalue weighted by atomic mass is 16.1. The average molecular weight is 240 g/mol. The van der Waals surface area contributed by atoms with Crippen molar-refractivity contribution in [3.05, 3.63) is 0 Å². The Kier molecular flexibility index (Phi) is 5.44. The van der Waals surface area contributed by atoms with Gasteiger partial charge in [0.15, 0.2) is 0 Å². The fourth-order valence-corrected chi connectivity index (χ4v) is 1.76. The highest BCUT2D eigenvalue weighted by Gasteiger charge is 2.20. The van der Waals surface area contributed by atoms with Crippen LogP contribution in [0.5, 0.6) is 0 Å². The molecule has 0 aromatic rings. The van der Waals surface area contributed by atoms with Crippen LogP contribution in [0.4, 0.5) is 0 Å². The maximum atomic E-state index is 11.6. The van der Waals surface area contributed by atoms with E-state index in [0.29, 0.717) is 12.0 Å². The van der Waals surface area contributed by atoms with Gasteiger partial charge in [0.1, 0.15) is 0 Å². The summed E-state index contributed by atoms with van der Waals surface area (Å²) in [4.78, 5) is 11.6. The van der Waals surface area contributed by atoms with Crippen LogP contribution in [0.3, 0.4) is 0 Å². The van der Waals surface area contributed by atoms with E-state index in [1.807, 2.05) is 0 Å². The second kappa shape index (κ2) is 6.39. The van der Waals surface area contributed by atoms with Crippen molar-refractivity contribution in [2.24, 2.45) is 11.3 Å². The maximum absolute atomic E-state index is 11.6. The monoisotopic (exact) mass is 240 g/mol. The van der Waals surface area contributed by atoms with Gasteiger partial charge in [-0.05, 0) is 50.5 Å². The largest absolute Gasteiger partial charge is 0.353 e. The summed E-state index contributed by atoms with van der Waals surface area (Å²) in [6.07, 6.45) is 4.86. The van der Waals surface area contributed by atoms with Crippen LogP contribution in [0.25, 0.3) is 0 Å². The van der Waals surface area contributed by atoms with E-state index in [9.17, 15) is 4.79 Å². The third-order valence-corrected chi connectivity index (χ3v) is 3.15. The van der Waals surface area contributed by atoms with E-state index in [1.165, 1.54) is 12.8 Å². The van der Waals surface area contributed by atoms with Gasteiger partial charge >= 0.3 is 0 Å². The third-order valence-electron chi connectivity index (χ3n) is 3.15. The van der Waals surface area contributed by atoms with Gasteiger partial charge in [0, 0.05) is 6.04 Å². The van der Waals surface area contributed by atoms with Crippen molar-refractivity contribution in [3.63, 3.8) is 0 Å². The molecule has 0 aromatic carbocycles. The highest BCUT2D eigenvalue weighted by Crippen LogP contribution is 2.27. The van der Waals surface area contributed by atoms with Gasteiger partial charge in [0.2, 0.25) is 5.91 Å². The minimum absolute atomic E-state index is 0.132. The SMILES string of the molecule is CC(CCC(C)(C)C)NC(=O)CNCC1CC1. The fourth-order valence-electron chi connectivity index (χ4n) is 1.76. The van der Waals surface area contributed by atoms with Crippen molar-refractivity contribution in [2.75, 3.05) is 13.1 Å². The molecule has 0 spiro atoms. The molecule has 0 aromatic heterocycles. The Morgan fingerprint density at radius 3 is 2.53 bits per heavy atom. The quantitative estimate of drug-likeness (QED) is 0.717. The maximum Gasteiger partial charge on any atom is 0.234 e. The molecule has 1 saturated carbocycles. The molecule has 1 aliphatic carbocycles. The zero-order chi connectivity index (χ0) is 12.9. The molecule has 3 nitrogen and oxygen atoms in total. The number of hydrogen-bond acceptors (Lipinski definition) is 2. The zero-order valence-corrected chi connectivity index (χ0v) is 11.8. The van der Waals surface area contributed by atoms with Crippen LogP contribution < -0.4 is 10.6 Å². The van der Waals surface area contributed by atoms with Crippen LogP contribution in [0.1, 0.15) is 53.4 Å². The van der Waals surface area contributed by atoms with Gasteiger partial charge in [0.25, 0.3) is 0 Å². The summed E-state index contributed by atoms with van der Waals surface area (Å²) in [5.74, 6) is 0.966. The van der Waals surface area contributed by atoms with Crippen molar-refractivity contribution in [3.8, 4) is 0 Å². The van der Waals surface area contributed by atoms with Gasteiger partial charge in [-0.1, -0.05) is 20.8 Å². The minimum Gasteiger partial charge on any atom is -0.353 e. The molecule has 0 heterocycles. The molecule has 0 bridgehead atoms. The molecule has 0 aliphatic heterocycles. The van der Waals surface area contributed by atoms with Gasteiger partial charge in [-0.2, -0.15) is 0 Å². The molecular formula is C14H28N2O. The summed E-state index contributed by atoms with van der Waals surface area (Å²) in [5, 5.41) is 6.26. The topological polar surface area (TPSA) is 41.1 Å². The molecule has 1 amide bonds. The second-order valence-corrected chi connectivity index (χ2v) is 6.64. The van der Waals surface area contributed by atoms with Crippen molar-refractivity contribution in [1.82, 2.24) is 10.6 Å². The van der Waals surface area contributed by atoms with Crippen LogP contribution in [-0.2, 0) is 4.79 Å². The predicted molar refractivity (Wildman–Crippen MR) is 71.9 cm³/mol. The van der Waals surface area contributed by atoms with E-state index in [1.54, 1.807) is 0 Å². The van der Waals surface area contributed by atoms with Crippen molar-refractivity contribution >= 4 is 5.91 Å². The summed E-state index contributed by atoms with van der Waals surface area (Å²) < 4.78 is 0. The van der Waals surface area contributed by atoms with Crippen molar-refractivity contribution in [1.29, 1.82) is 0 Å². The number of carbonyl (C=O) groups is 1. The first-order valence-electron chi connectivity index (χ1n) is 6.87. The highest BCUT2D eigenvalue weighted by molar-refractivity contribution is 5.78. The lowest BCUT2D eigenvalue weighted by Gasteiger charge is -2.21. The number of rotatable bonds is 7. The normalized spacial score (nSPS) is 17.9. The van der Waals surface area contributed by atoms with E-state index < -0.39 is 0 Å². The first-order valence-corrected chi connectivity index (χ1v) is 6.87. The Balaban J connectivity index is 2.03. The molecule has 1 aliphatic rings. The summed E-state index contributed by atoms with van der Waals surface area (Å²) in [7, 11) is 0. The molecular weight excluding hydrogens is 212 g/mol. The Morgan fingerprint density at radius 2 is 2.00 bits per heavy atom. The number of nitrogens with one attached hydrogen (secondary N) is 2. The number of hydrogen-bond donors (Lipinski definition) is 2. The van der Waals surface area contributed by atoms with Crippen LogP contribution in [0.15, 0.2) is 0 Å². The average Bonchev–Trinajstić information content (AvgIpc) is 2.97. The van der Waals surface area contributed by atoms with E-state index in [-0.39, 0.29) is 11.9 Å². The van der Waals surface area contributed by atoms with Crippen LogP contribution >= 0.6 is 0 Å². The van der Waals surface area contributed by atoms with E-state index in [0.717, 1.165) is 25.3 Å². The van der Waals surface area contributed by atoms with E-state index >= 15 is 0 Å². The molecule has 1 unspecified atom stereocenters. The molecule has 3 heteroatoms. The van der Waals surface area contributed by atoms with E-state index in [4.69, 9.17) is 0 Å². The Hall–Kier alpha value is -0.570. The van der Waals surface area contributed by atoms with Crippen LogP contribution in [0, 0.1) is 11.3 Å². The molecule has 0 radical (unpaired) electrons. The van der Waals surface area contributed by atoms with Gasteiger partial charge in [-0.15, -0.1) is 0 Å². The summed E-state index contributed by atoms with van der Waals surface area (Å²) in [6.45, 7) is 10.3. The zero-order valence-electron chi connectivity index (χ0n) is 11.8. The molecule has 0 saturated heterocycles. The van der Waals surface area contributed by atoms with E-state index in [2.05, 4.69) is 38.3 Å². The molecule has 1 fully saturated rings. The molecule has 100 valence electrons. The number of amides is 1. The Morgan fingerprint density at radius 1 is 1.35 bits per heavy atom. The second-order valence-electron chi connectivity index (χ2n) is 6.64. The summed E-state index contributed by atoms with van der Waals surface area (Å²) in [6, 6.07) is 0.282. The fraction of sp³-hybridized carbons (Fsp3) is 0.929. The lowest BCUT2D eigenvalue weighted by atomic mass is 9.89. The Bertz CT molecular complexity index is 241. The molecule has 1 rings (SSSR count). The predicted octanol–water partition coefficient (Wildman–Crippen LogP) is 2.32. The summed E-state index contributed by atoms with van der Waals surface area (Å²) >= 11 is 0. The van der Waals surface area contributed by atoms with Crippen molar-refractivity contribution in [2.45, 2.75) is 59.4 Å².